The first-order chi connectivity index (χ1) is 18.8. The summed E-state index contributed by atoms with van der Waals surface area (Å²) in [5.41, 5.74) is -0.391. The van der Waals surface area contributed by atoms with Crippen LogP contribution in [0, 0.1) is 17.5 Å². The third kappa shape index (κ3) is 5.82. The van der Waals surface area contributed by atoms with E-state index in [-0.39, 0.29) is 46.3 Å². The van der Waals surface area contributed by atoms with E-state index in [1.807, 2.05) is 0 Å². The number of carbonyl (C=O) groups is 2. The summed E-state index contributed by atoms with van der Waals surface area (Å²) in [6.07, 6.45) is 2.14. The van der Waals surface area contributed by atoms with Gasteiger partial charge in [0.1, 0.15) is 23.1 Å². The lowest BCUT2D eigenvalue weighted by atomic mass is 10.1. The zero-order valence-electron chi connectivity index (χ0n) is 22.4. The molecule has 3 aromatic rings. The Morgan fingerprint density at radius 1 is 1.18 bits per heavy atom. The zero-order chi connectivity index (χ0) is 29.9. The van der Waals surface area contributed by atoms with Crippen molar-refractivity contribution in [3.05, 3.63) is 83.4 Å². The largest absolute Gasteiger partial charge is 0.494 e. The minimum absolute atomic E-state index is 0.0185. The molecule has 1 atom stereocenters. The number of allylic oxidation sites excluding steroid dienone is 3. The van der Waals surface area contributed by atoms with Gasteiger partial charge in [0.2, 0.25) is 0 Å². The van der Waals surface area contributed by atoms with Gasteiger partial charge in [-0.25, -0.2) is 22.5 Å². The molecule has 0 saturated carbocycles. The molecule has 1 aromatic carbocycles. The summed E-state index contributed by atoms with van der Waals surface area (Å²) in [5, 5.41) is 13.4. The molecule has 0 aliphatic heterocycles. The minimum atomic E-state index is -1.66. The van der Waals surface area contributed by atoms with Gasteiger partial charge in [0.15, 0.2) is 28.8 Å². The van der Waals surface area contributed by atoms with Gasteiger partial charge in [-0.2, -0.15) is 9.61 Å². The molecule has 0 fully saturated rings. The van der Waals surface area contributed by atoms with E-state index in [1.54, 1.807) is 6.92 Å². The van der Waals surface area contributed by atoms with Gasteiger partial charge in [-0.1, -0.05) is 6.58 Å². The second kappa shape index (κ2) is 12.0. The van der Waals surface area contributed by atoms with Crippen LogP contribution < -0.4 is 4.90 Å². The van der Waals surface area contributed by atoms with Crippen LogP contribution >= 0.6 is 0 Å². The average molecular weight is 562 g/mol. The van der Waals surface area contributed by atoms with Gasteiger partial charge in [-0.15, -0.1) is 0 Å². The number of rotatable bonds is 10. The van der Waals surface area contributed by atoms with Crippen molar-refractivity contribution in [2.24, 2.45) is 0 Å². The number of aromatic nitrogens is 3. The highest BCUT2D eigenvalue weighted by atomic mass is 19.2. The number of amides is 1. The lowest BCUT2D eigenvalue weighted by molar-refractivity contribution is -0.137. The molecule has 40 heavy (non-hydrogen) atoms. The van der Waals surface area contributed by atoms with E-state index in [4.69, 9.17) is 9.84 Å². The molecule has 0 spiro atoms. The normalized spacial score (nSPS) is 13.1. The van der Waals surface area contributed by atoms with Crippen molar-refractivity contribution in [2.45, 2.75) is 26.3 Å². The Morgan fingerprint density at radius 2 is 1.80 bits per heavy atom. The fourth-order valence-electron chi connectivity index (χ4n) is 3.89. The maximum atomic E-state index is 15.1. The van der Waals surface area contributed by atoms with E-state index >= 15 is 4.39 Å². The molecule has 0 saturated heterocycles. The fraction of sp³-hybridized carbons (Fsp3) is 0.259. The Labute approximate surface area is 227 Å². The van der Waals surface area contributed by atoms with Crippen molar-refractivity contribution in [3.63, 3.8) is 0 Å². The Morgan fingerprint density at radius 3 is 2.33 bits per heavy atom. The topological polar surface area (TPSA) is 100 Å². The molecule has 0 aliphatic rings. The number of benzene rings is 1. The zero-order valence-corrected chi connectivity index (χ0v) is 22.4. The monoisotopic (exact) mass is 561 g/mol. The molecule has 212 valence electrons. The number of carboxylic acid groups (broad SMARTS) is 1. The molecule has 0 unspecified atom stereocenters. The molecule has 2 heterocycles. The SMILES string of the molecule is C=C/C(OC)=C(\C(F)=C/C)N(C)c1cc(-c2cc(F)c(F)c(F)c2)nc2cc(C(=O)N(C)[C@H](C)CC(=O)O)nn12. The number of anilines is 1. The first-order valence-electron chi connectivity index (χ1n) is 11.9. The van der Waals surface area contributed by atoms with Crippen molar-refractivity contribution in [2.75, 3.05) is 26.1 Å². The van der Waals surface area contributed by atoms with Crippen molar-refractivity contribution < 1.29 is 37.0 Å². The summed E-state index contributed by atoms with van der Waals surface area (Å²) in [6.45, 7) is 6.64. The number of nitrogens with zero attached hydrogens (tertiary/aromatic N) is 5. The predicted octanol–water partition coefficient (Wildman–Crippen LogP) is 5.10. The van der Waals surface area contributed by atoms with E-state index in [2.05, 4.69) is 16.7 Å². The van der Waals surface area contributed by atoms with Gasteiger partial charge in [0.05, 0.1) is 19.2 Å². The van der Waals surface area contributed by atoms with Crippen LogP contribution in [0.2, 0.25) is 0 Å². The third-order valence-corrected chi connectivity index (χ3v) is 6.16. The van der Waals surface area contributed by atoms with E-state index < -0.39 is 41.2 Å². The molecule has 9 nitrogen and oxygen atoms in total. The van der Waals surface area contributed by atoms with E-state index in [9.17, 15) is 22.8 Å². The summed E-state index contributed by atoms with van der Waals surface area (Å²) in [7, 11) is 4.17. The van der Waals surface area contributed by atoms with Crippen molar-refractivity contribution in [1.82, 2.24) is 19.5 Å². The molecular formula is C27H27F4N5O4. The van der Waals surface area contributed by atoms with Gasteiger partial charge in [0.25, 0.3) is 5.91 Å². The molecule has 1 N–H and O–H groups in total. The molecule has 0 aliphatic carbocycles. The number of halogens is 4. The van der Waals surface area contributed by atoms with Crippen LogP contribution in [-0.2, 0) is 9.53 Å². The Balaban J connectivity index is 2.31. The van der Waals surface area contributed by atoms with Gasteiger partial charge in [-0.05, 0) is 38.1 Å². The summed E-state index contributed by atoms with van der Waals surface area (Å²) >= 11 is 0. The number of hydrogen-bond donors (Lipinski definition) is 1. The maximum Gasteiger partial charge on any atom is 0.305 e. The Kier molecular flexibility index (Phi) is 8.97. The fourth-order valence-corrected chi connectivity index (χ4v) is 3.89. The number of likely N-dealkylation sites (N-methyl/N-ethyl adjacent to an activating group) is 1. The number of carboxylic acids is 1. The predicted molar refractivity (Wildman–Crippen MR) is 140 cm³/mol. The van der Waals surface area contributed by atoms with Crippen molar-refractivity contribution >= 4 is 23.3 Å². The van der Waals surface area contributed by atoms with Gasteiger partial charge >= 0.3 is 5.97 Å². The lowest BCUT2D eigenvalue weighted by Crippen LogP contribution is -2.36. The highest BCUT2D eigenvalue weighted by Gasteiger charge is 2.26. The smallest absolute Gasteiger partial charge is 0.305 e. The summed E-state index contributed by atoms with van der Waals surface area (Å²) < 4.78 is 63.4. The number of hydrogen-bond acceptors (Lipinski definition) is 6. The number of ether oxygens (including phenoxy) is 1. The highest BCUT2D eigenvalue weighted by Crippen LogP contribution is 2.31. The van der Waals surface area contributed by atoms with Crippen LogP contribution in [0.15, 0.2) is 60.3 Å². The van der Waals surface area contributed by atoms with Crippen molar-refractivity contribution in [3.8, 4) is 11.3 Å². The van der Waals surface area contributed by atoms with E-state index in [1.165, 1.54) is 66.7 Å². The standard InChI is InChI=1S/C27H27F4N5O4/c1-7-16(28)26(21(8-2)40-6)35(5)23-13-19(15-10-17(29)25(31)18(30)11-15)32-22-12-20(33-36(22)23)27(39)34(4)14(3)9-24(37)38/h7-8,10-14H,2,9H2,1,3-6H3,(H,37,38)/b16-7+,26-21-/t14-/m1/s1. The number of carbonyl (C=O) groups excluding carboxylic acids is 1. The van der Waals surface area contributed by atoms with Crippen molar-refractivity contribution in [1.29, 1.82) is 0 Å². The van der Waals surface area contributed by atoms with Crippen LogP contribution in [0.25, 0.3) is 16.9 Å². The number of methoxy groups -OCH3 is 1. The third-order valence-electron chi connectivity index (χ3n) is 6.16. The quantitative estimate of drug-likeness (QED) is 0.159. The summed E-state index contributed by atoms with van der Waals surface area (Å²) in [6, 6.07) is 3.41. The number of fused-ring (bicyclic) bond motifs is 1. The molecule has 2 aromatic heterocycles. The molecule has 0 radical (unpaired) electrons. The minimum Gasteiger partial charge on any atom is -0.494 e. The van der Waals surface area contributed by atoms with Crippen LogP contribution in [0.1, 0.15) is 30.8 Å². The first-order valence-corrected chi connectivity index (χ1v) is 11.9. The highest BCUT2D eigenvalue weighted by molar-refractivity contribution is 5.94. The summed E-state index contributed by atoms with van der Waals surface area (Å²) in [4.78, 5) is 31.1. The molecular weight excluding hydrogens is 534 g/mol. The Bertz CT molecular complexity index is 1530. The van der Waals surface area contributed by atoms with Crippen LogP contribution in [-0.4, -0.2) is 63.7 Å². The summed E-state index contributed by atoms with van der Waals surface area (Å²) in [5.74, 6) is -6.88. The molecule has 0 bridgehead atoms. The second-order valence-electron chi connectivity index (χ2n) is 8.73. The molecule has 3 rings (SSSR count). The van der Waals surface area contributed by atoms with Gasteiger partial charge in [0, 0.05) is 37.8 Å². The first kappa shape index (κ1) is 29.9. The number of aliphatic carboxylic acids is 1. The average Bonchev–Trinajstić information content (AvgIpc) is 3.36. The van der Waals surface area contributed by atoms with E-state index in [0.29, 0.717) is 0 Å². The van der Waals surface area contributed by atoms with Gasteiger partial charge < -0.3 is 19.6 Å². The van der Waals surface area contributed by atoms with Gasteiger partial charge in [-0.3, -0.25) is 9.59 Å². The Hall–Kier alpha value is -4.68. The molecule has 13 heteroatoms. The molecule has 1 amide bonds. The second-order valence-corrected chi connectivity index (χ2v) is 8.73. The lowest BCUT2D eigenvalue weighted by Gasteiger charge is -2.24. The van der Waals surface area contributed by atoms with Crippen LogP contribution in [0.4, 0.5) is 23.4 Å². The van der Waals surface area contributed by atoms with E-state index in [0.717, 1.165) is 12.1 Å². The van der Waals surface area contributed by atoms with Crippen LogP contribution in [0.5, 0.6) is 0 Å². The maximum absolute atomic E-state index is 15.1. The van der Waals surface area contributed by atoms with Crippen LogP contribution in [0.3, 0.4) is 0 Å².